The molecule has 12 heavy (non-hydrogen) atoms. The van der Waals surface area contributed by atoms with Crippen molar-refractivity contribution in [3.8, 4) is 0 Å². The van der Waals surface area contributed by atoms with Gasteiger partial charge in [0.1, 0.15) is 18.1 Å². The van der Waals surface area contributed by atoms with Gasteiger partial charge in [0.2, 0.25) is 0 Å². The highest BCUT2D eigenvalue weighted by atomic mass is 16.4. The maximum absolute atomic E-state index is 8.69. The van der Waals surface area contributed by atoms with Gasteiger partial charge >= 0.3 is 0 Å². The molecule has 1 aromatic heterocycles. The minimum absolute atomic E-state index is 0.0417. The molecule has 3 heteroatoms. The fraction of sp³-hybridized carbons (Fsp3) is 0.556. The van der Waals surface area contributed by atoms with Gasteiger partial charge in [-0.25, -0.2) is 0 Å². The molecule has 3 nitrogen and oxygen atoms in total. The van der Waals surface area contributed by atoms with Crippen LogP contribution in [0, 0.1) is 0 Å². The van der Waals surface area contributed by atoms with Crippen molar-refractivity contribution in [2.75, 3.05) is 6.61 Å². The Morgan fingerprint density at radius 2 is 1.83 bits per heavy atom. The average molecular weight is 170 g/mol. The summed E-state index contributed by atoms with van der Waals surface area (Å²) in [5.41, 5.74) is 0. The second kappa shape index (κ2) is 4.95. The van der Waals surface area contributed by atoms with Crippen LogP contribution in [0.3, 0.4) is 0 Å². The largest absolute Gasteiger partial charge is 0.464 e. The summed E-state index contributed by atoms with van der Waals surface area (Å²) in [7, 11) is 0. The van der Waals surface area contributed by atoms with Crippen LogP contribution in [-0.4, -0.2) is 16.8 Å². The van der Waals surface area contributed by atoms with Crippen LogP contribution >= 0.6 is 0 Å². The van der Waals surface area contributed by atoms with E-state index in [1.54, 1.807) is 6.07 Å². The summed E-state index contributed by atoms with van der Waals surface area (Å²) < 4.78 is 5.25. The SMILES string of the molecule is OCCCCc1ccc(CO)o1. The van der Waals surface area contributed by atoms with Gasteiger partial charge in [0.05, 0.1) is 0 Å². The monoisotopic (exact) mass is 170 g/mol. The predicted molar refractivity (Wildman–Crippen MR) is 44.7 cm³/mol. The van der Waals surface area contributed by atoms with Crippen LogP contribution < -0.4 is 0 Å². The third kappa shape index (κ3) is 2.68. The Kier molecular flexibility index (Phi) is 3.84. The van der Waals surface area contributed by atoms with Crippen molar-refractivity contribution in [3.05, 3.63) is 23.7 Å². The Bertz CT molecular complexity index is 217. The molecule has 0 spiro atoms. The Morgan fingerprint density at radius 3 is 2.42 bits per heavy atom. The topological polar surface area (TPSA) is 53.6 Å². The zero-order valence-corrected chi connectivity index (χ0v) is 6.99. The van der Waals surface area contributed by atoms with Crippen LogP contribution in [0.4, 0.5) is 0 Å². The smallest absolute Gasteiger partial charge is 0.129 e. The van der Waals surface area contributed by atoms with Gasteiger partial charge in [-0.05, 0) is 25.0 Å². The molecule has 0 aliphatic rings. The van der Waals surface area contributed by atoms with E-state index in [9.17, 15) is 0 Å². The van der Waals surface area contributed by atoms with Gasteiger partial charge in [0, 0.05) is 13.0 Å². The molecule has 2 N–H and O–H groups in total. The van der Waals surface area contributed by atoms with Crippen molar-refractivity contribution >= 4 is 0 Å². The lowest BCUT2D eigenvalue weighted by atomic mass is 10.2. The number of hydrogen-bond acceptors (Lipinski definition) is 3. The van der Waals surface area contributed by atoms with E-state index in [1.165, 1.54) is 0 Å². The van der Waals surface area contributed by atoms with Gasteiger partial charge < -0.3 is 14.6 Å². The number of aliphatic hydroxyl groups excluding tert-OH is 2. The first kappa shape index (κ1) is 9.29. The number of unbranched alkanes of at least 4 members (excludes halogenated alkanes) is 1. The van der Waals surface area contributed by atoms with Crippen molar-refractivity contribution in [1.29, 1.82) is 0 Å². The van der Waals surface area contributed by atoms with Gasteiger partial charge in [-0.3, -0.25) is 0 Å². The molecule has 0 aromatic carbocycles. The van der Waals surface area contributed by atoms with Crippen LogP contribution in [-0.2, 0) is 13.0 Å². The van der Waals surface area contributed by atoms with E-state index in [4.69, 9.17) is 14.6 Å². The van der Waals surface area contributed by atoms with E-state index in [0.29, 0.717) is 5.76 Å². The van der Waals surface area contributed by atoms with Crippen LogP contribution in [0.1, 0.15) is 24.4 Å². The van der Waals surface area contributed by atoms with Crippen LogP contribution in [0.5, 0.6) is 0 Å². The van der Waals surface area contributed by atoms with Gasteiger partial charge in [0.15, 0.2) is 0 Å². The highest BCUT2D eigenvalue weighted by Crippen LogP contribution is 2.10. The maximum atomic E-state index is 8.69. The Labute approximate surface area is 71.6 Å². The Hall–Kier alpha value is -0.800. The molecule has 0 fully saturated rings. The number of aryl methyl sites for hydroxylation is 1. The van der Waals surface area contributed by atoms with E-state index in [0.717, 1.165) is 25.0 Å². The highest BCUT2D eigenvalue weighted by Gasteiger charge is 1.99. The van der Waals surface area contributed by atoms with Crippen LogP contribution in [0.15, 0.2) is 16.5 Å². The van der Waals surface area contributed by atoms with E-state index >= 15 is 0 Å². The lowest BCUT2D eigenvalue weighted by molar-refractivity contribution is 0.242. The van der Waals surface area contributed by atoms with E-state index in [1.807, 2.05) is 6.07 Å². The third-order valence-electron chi connectivity index (χ3n) is 1.70. The van der Waals surface area contributed by atoms with E-state index < -0.39 is 0 Å². The van der Waals surface area contributed by atoms with Crippen LogP contribution in [0.25, 0.3) is 0 Å². The second-order valence-corrected chi connectivity index (χ2v) is 2.71. The van der Waals surface area contributed by atoms with Crippen molar-refractivity contribution in [1.82, 2.24) is 0 Å². The number of hydrogen-bond donors (Lipinski definition) is 2. The molecular weight excluding hydrogens is 156 g/mol. The zero-order valence-electron chi connectivity index (χ0n) is 6.99. The first-order valence-corrected chi connectivity index (χ1v) is 4.16. The molecule has 1 rings (SSSR count). The first-order chi connectivity index (χ1) is 5.86. The third-order valence-corrected chi connectivity index (χ3v) is 1.70. The molecule has 1 heterocycles. The molecule has 0 bridgehead atoms. The van der Waals surface area contributed by atoms with E-state index in [-0.39, 0.29) is 13.2 Å². The van der Waals surface area contributed by atoms with Crippen molar-refractivity contribution in [2.45, 2.75) is 25.9 Å². The summed E-state index contributed by atoms with van der Waals surface area (Å²) in [6, 6.07) is 3.64. The first-order valence-electron chi connectivity index (χ1n) is 4.16. The Balaban J connectivity index is 2.31. The fourth-order valence-corrected chi connectivity index (χ4v) is 1.05. The lowest BCUT2D eigenvalue weighted by Crippen LogP contribution is -1.86. The molecule has 1 aromatic rings. The number of furan rings is 1. The molecule has 0 amide bonds. The van der Waals surface area contributed by atoms with Gasteiger partial charge in [0.25, 0.3) is 0 Å². The van der Waals surface area contributed by atoms with E-state index in [2.05, 4.69) is 0 Å². The summed E-state index contributed by atoms with van der Waals surface area (Å²) in [4.78, 5) is 0. The van der Waals surface area contributed by atoms with Gasteiger partial charge in [-0.2, -0.15) is 0 Å². The zero-order chi connectivity index (χ0) is 8.81. The number of aliphatic hydroxyl groups is 2. The molecule has 0 aliphatic heterocycles. The fourth-order valence-electron chi connectivity index (χ4n) is 1.05. The summed E-state index contributed by atoms with van der Waals surface area (Å²) in [5.74, 6) is 1.49. The second-order valence-electron chi connectivity index (χ2n) is 2.71. The minimum atomic E-state index is -0.0417. The summed E-state index contributed by atoms with van der Waals surface area (Å²) in [6.07, 6.45) is 2.56. The normalized spacial score (nSPS) is 10.5. The maximum Gasteiger partial charge on any atom is 0.129 e. The molecule has 68 valence electrons. The minimum Gasteiger partial charge on any atom is -0.464 e. The molecule has 0 saturated carbocycles. The highest BCUT2D eigenvalue weighted by molar-refractivity contribution is 5.06. The van der Waals surface area contributed by atoms with Crippen molar-refractivity contribution in [3.63, 3.8) is 0 Å². The molecule has 0 aliphatic carbocycles. The molecule has 0 unspecified atom stereocenters. The Morgan fingerprint density at radius 1 is 1.08 bits per heavy atom. The predicted octanol–water partition coefficient (Wildman–Crippen LogP) is 1.09. The van der Waals surface area contributed by atoms with Crippen LogP contribution in [0.2, 0.25) is 0 Å². The lowest BCUT2D eigenvalue weighted by Gasteiger charge is -1.94. The summed E-state index contributed by atoms with van der Waals surface area (Å²) >= 11 is 0. The quantitative estimate of drug-likeness (QED) is 0.650. The van der Waals surface area contributed by atoms with Gasteiger partial charge in [-0.15, -0.1) is 0 Å². The number of rotatable bonds is 5. The summed E-state index contributed by atoms with van der Waals surface area (Å²) in [5, 5.41) is 17.2. The van der Waals surface area contributed by atoms with Gasteiger partial charge in [-0.1, -0.05) is 0 Å². The molecule has 0 saturated heterocycles. The molecular formula is C9H14O3. The molecule has 0 atom stereocenters. The van der Waals surface area contributed by atoms with Crippen molar-refractivity contribution in [2.24, 2.45) is 0 Å². The summed E-state index contributed by atoms with van der Waals surface area (Å²) in [6.45, 7) is 0.188. The molecule has 0 radical (unpaired) electrons. The van der Waals surface area contributed by atoms with Crippen molar-refractivity contribution < 1.29 is 14.6 Å². The average Bonchev–Trinajstić information content (AvgIpc) is 2.53. The standard InChI is InChI=1S/C9H14O3/c10-6-2-1-3-8-4-5-9(7-11)12-8/h4-5,10-11H,1-3,6-7H2.